The summed E-state index contributed by atoms with van der Waals surface area (Å²) in [7, 11) is 1.66. The van der Waals surface area contributed by atoms with Gasteiger partial charge in [0.15, 0.2) is 10.3 Å². The molecule has 0 amide bonds. The van der Waals surface area contributed by atoms with E-state index in [1.165, 1.54) is 5.56 Å². The summed E-state index contributed by atoms with van der Waals surface area (Å²) in [5.41, 5.74) is 4.38. The summed E-state index contributed by atoms with van der Waals surface area (Å²) in [5.74, 6) is 0.816. The van der Waals surface area contributed by atoms with Gasteiger partial charge in [-0.1, -0.05) is 42.5 Å². The number of rotatable bonds is 5. The molecular weight excluding hydrogens is 350 g/mol. The van der Waals surface area contributed by atoms with E-state index in [0.29, 0.717) is 0 Å². The first-order valence-corrected chi connectivity index (χ1v) is 9.71. The zero-order valence-electron chi connectivity index (χ0n) is 13.9. The largest absolute Gasteiger partial charge is 0.497 e. The van der Waals surface area contributed by atoms with Gasteiger partial charge in [-0.25, -0.2) is 9.97 Å². The van der Waals surface area contributed by atoms with Crippen molar-refractivity contribution in [1.82, 2.24) is 9.97 Å². The maximum atomic E-state index is 5.25. The minimum Gasteiger partial charge on any atom is -0.497 e. The Balaban J connectivity index is 1.56. The highest BCUT2D eigenvalue weighted by Crippen LogP contribution is 2.32. The van der Waals surface area contributed by atoms with Crippen LogP contribution < -0.4 is 10.1 Å². The lowest BCUT2D eigenvalue weighted by Gasteiger charge is -1.99. The van der Waals surface area contributed by atoms with Crippen molar-refractivity contribution in [3.05, 3.63) is 53.4 Å². The van der Waals surface area contributed by atoms with E-state index in [2.05, 4.69) is 51.9 Å². The van der Waals surface area contributed by atoms with Crippen LogP contribution in [0.15, 0.2) is 47.8 Å². The number of fused-ring (bicyclic) bond motifs is 1. The van der Waals surface area contributed by atoms with Gasteiger partial charge in [0.25, 0.3) is 0 Å². The molecule has 0 aliphatic carbocycles. The fraction of sp³-hybridized carbons (Fsp3) is 0.158. The van der Waals surface area contributed by atoms with E-state index >= 15 is 0 Å². The Kier molecular flexibility index (Phi) is 4.38. The fourth-order valence-corrected chi connectivity index (χ4v) is 4.18. The van der Waals surface area contributed by atoms with Crippen molar-refractivity contribution in [1.29, 1.82) is 0 Å². The molecular formula is C19H17N3OS2. The predicted molar refractivity (Wildman–Crippen MR) is 106 cm³/mol. The molecule has 6 heteroatoms. The Morgan fingerprint density at radius 1 is 1.04 bits per heavy atom. The Hall–Kier alpha value is -2.44. The van der Waals surface area contributed by atoms with Gasteiger partial charge in [-0.2, -0.15) is 0 Å². The summed E-state index contributed by atoms with van der Waals surface area (Å²) >= 11 is 3.20. The minimum absolute atomic E-state index is 0.816. The average molecular weight is 367 g/mol. The molecule has 2 heterocycles. The maximum absolute atomic E-state index is 5.25. The van der Waals surface area contributed by atoms with Crippen LogP contribution in [0.1, 0.15) is 12.5 Å². The van der Waals surface area contributed by atoms with Gasteiger partial charge in [0.05, 0.1) is 23.0 Å². The lowest BCUT2D eigenvalue weighted by Crippen LogP contribution is -1.88. The first kappa shape index (κ1) is 16.1. The van der Waals surface area contributed by atoms with E-state index in [0.717, 1.165) is 43.9 Å². The lowest BCUT2D eigenvalue weighted by atomic mass is 10.1. The van der Waals surface area contributed by atoms with Crippen molar-refractivity contribution in [2.75, 3.05) is 12.4 Å². The van der Waals surface area contributed by atoms with Crippen molar-refractivity contribution in [2.45, 2.75) is 13.3 Å². The molecule has 25 heavy (non-hydrogen) atoms. The minimum atomic E-state index is 0.816. The Bertz CT molecular complexity index is 1010. The molecule has 4 nitrogen and oxygen atoms in total. The Morgan fingerprint density at radius 3 is 2.64 bits per heavy atom. The summed E-state index contributed by atoms with van der Waals surface area (Å²) in [6.07, 6.45) is 1.05. The molecule has 0 radical (unpaired) electrons. The van der Waals surface area contributed by atoms with E-state index in [9.17, 15) is 0 Å². The van der Waals surface area contributed by atoms with Gasteiger partial charge in [-0.05, 0) is 24.1 Å². The first-order valence-electron chi connectivity index (χ1n) is 8.01. The van der Waals surface area contributed by atoms with Crippen molar-refractivity contribution < 1.29 is 4.74 Å². The molecule has 0 saturated heterocycles. The van der Waals surface area contributed by atoms with Crippen molar-refractivity contribution in [3.8, 4) is 17.0 Å². The second kappa shape index (κ2) is 6.82. The average Bonchev–Trinajstić information content (AvgIpc) is 3.27. The van der Waals surface area contributed by atoms with Gasteiger partial charge >= 0.3 is 0 Å². The van der Waals surface area contributed by atoms with Crippen LogP contribution in [0.25, 0.3) is 21.5 Å². The second-order valence-electron chi connectivity index (χ2n) is 5.57. The zero-order valence-corrected chi connectivity index (χ0v) is 15.6. The van der Waals surface area contributed by atoms with Crippen LogP contribution in [-0.4, -0.2) is 17.1 Å². The normalized spacial score (nSPS) is 11.0. The number of thiazole rings is 2. The van der Waals surface area contributed by atoms with Crippen molar-refractivity contribution >= 4 is 43.2 Å². The monoisotopic (exact) mass is 367 g/mol. The quantitative estimate of drug-likeness (QED) is 0.489. The second-order valence-corrected chi connectivity index (χ2v) is 7.45. The summed E-state index contributed by atoms with van der Waals surface area (Å²) < 4.78 is 6.37. The van der Waals surface area contributed by atoms with Gasteiger partial charge in [0.2, 0.25) is 0 Å². The van der Waals surface area contributed by atoms with Gasteiger partial charge < -0.3 is 10.1 Å². The van der Waals surface area contributed by atoms with Crippen LogP contribution in [0.2, 0.25) is 0 Å². The molecule has 0 spiro atoms. The topological polar surface area (TPSA) is 47.0 Å². The molecule has 126 valence electrons. The molecule has 0 aliphatic rings. The van der Waals surface area contributed by atoms with Gasteiger partial charge in [-0.3, -0.25) is 0 Å². The first-order chi connectivity index (χ1) is 12.2. The number of aromatic nitrogens is 2. The van der Waals surface area contributed by atoms with E-state index < -0.39 is 0 Å². The lowest BCUT2D eigenvalue weighted by molar-refractivity contribution is 0.415. The summed E-state index contributed by atoms with van der Waals surface area (Å²) in [5, 5.41) is 7.07. The van der Waals surface area contributed by atoms with Crippen LogP contribution >= 0.6 is 22.7 Å². The molecule has 2 aromatic carbocycles. The van der Waals surface area contributed by atoms with Crippen molar-refractivity contribution in [2.24, 2.45) is 0 Å². The predicted octanol–water partition coefficient (Wildman–Crippen LogP) is 5.73. The van der Waals surface area contributed by atoms with Gasteiger partial charge in [-0.15, -0.1) is 11.3 Å². The third kappa shape index (κ3) is 3.36. The standard InChI is InChI=1S/C19H17N3OS2/c1-3-12-4-6-13(7-5-12)16-11-24-18(21-16)22-19-20-15-10-14(23-2)8-9-17(15)25-19/h4-11H,3H2,1-2H3,(H,20,21,22). The highest BCUT2D eigenvalue weighted by molar-refractivity contribution is 7.22. The highest BCUT2D eigenvalue weighted by Gasteiger charge is 2.09. The van der Waals surface area contributed by atoms with Gasteiger partial charge in [0.1, 0.15) is 5.75 Å². The number of benzene rings is 2. The fourth-order valence-electron chi connectivity index (χ4n) is 2.55. The Morgan fingerprint density at radius 2 is 1.88 bits per heavy atom. The van der Waals surface area contributed by atoms with Crippen LogP contribution in [-0.2, 0) is 6.42 Å². The number of anilines is 2. The number of hydrogen-bond acceptors (Lipinski definition) is 6. The molecule has 4 rings (SSSR count). The number of ether oxygens (including phenoxy) is 1. The molecule has 4 aromatic rings. The highest BCUT2D eigenvalue weighted by atomic mass is 32.1. The molecule has 2 aromatic heterocycles. The number of aryl methyl sites for hydroxylation is 1. The third-order valence-electron chi connectivity index (χ3n) is 3.97. The molecule has 1 N–H and O–H groups in total. The molecule has 0 saturated carbocycles. The molecule has 0 bridgehead atoms. The molecule has 0 fully saturated rings. The van der Waals surface area contributed by atoms with E-state index in [4.69, 9.17) is 4.74 Å². The number of hydrogen-bond donors (Lipinski definition) is 1. The summed E-state index contributed by atoms with van der Waals surface area (Å²) in [6, 6.07) is 14.5. The maximum Gasteiger partial charge on any atom is 0.190 e. The zero-order chi connectivity index (χ0) is 17.2. The van der Waals surface area contributed by atoms with E-state index in [1.807, 2.05) is 18.2 Å². The molecule has 0 atom stereocenters. The van der Waals surface area contributed by atoms with Crippen LogP contribution in [0, 0.1) is 0 Å². The number of methoxy groups -OCH3 is 1. The number of nitrogens with one attached hydrogen (secondary N) is 1. The van der Waals surface area contributed by atoms with Crippen LogP contribution in [0.4, 0.5) is 10.3 Å². The van der Waals surface area contributed by atoms with Crippen LogP contribution in [0.5, 0.6) is 5.75 Å². The number of nitrogens with zero attached hydrogens (tertiary/aromatic N) is 2. The van der Waals surface area contributed by atoms with E-state index in [-0.39, 0.29) is 0 Å². The summed E-state index contributed by atoms with van der Waals surface area (Å²) in [6.45, 7) is 2.16. The summed E-state index contributed by atoms with van der Waals surface area (Å²) in [4.78, 5) is 9.30. The molecule has 0 unspecified atom stereocenters. The SMILES string of the molecule is CCc1ccc(-c2csc(Nc3nc4cc(OC)ccc4s3)n2)cc1. The van der Waals surface area contributed by atoms with Crippen LogP contribution in [0.3, 0.4) is 0 Å². The van der Waals surface area contributed by atoms with E-state index in [1.54, 1.807) is 29.8 Å². The van der Waals surface area contributed by atoms with Gasteiger partial charge in [0, 0.05) is 17.0 Å². The third-order valence-corrected chi connectivity index (χ3v) is 5.68. The molecule has 0 aliphatic heterocycles. The smallest absolute Gasteiger partial charge is 0.190 e. The van der Waals surface area contributed by atoms with Crippen molar-refractivity contribution in [3.63, 3.8) is 0 Å². The Labute approximate surface area is 154 Å².